The van der Waals surface area contributed by atoms with E-state index in [4.69, 9.17) is 18.0 Å². The van der Waals surface area contributed by atoms with Crippen molar-refractivity contribution in [1.82, 2.24) is 0 Å². The van der Waals surface area contributed by atoms with Gasteiger partial charge in [0.2, 0.25) is 0 Å². The molecule has 0 aliphatic heterocycles. The summed E-state index contributed by atoms with van der Waals surface area (Å²) < 4.78 is 13.7. The molecule has 1 aromatic rings. The molecule has 0 saturated carbocycles. The first-order valence-electron chi connectivity index (χ1n) is 6.66. The largest absolute Gasteiger partial charge is 0.389 e. The van der Waals surface area contributed by atoms with Crippen LogP contribution in [0, 0.1) is 23.6 Å². The lowest BCUT2D eigenvalue weighted by molar-refractivity contribution is 0.304. The first-order valence-corrected chi connectivity index (χ1v) is 7.07. The van der Waals surface area contributed by atoms with Crippen LogP contribution in [0.2, 0.25) is 0 Å². The fraction of sp³-hybridized carbons (Fsp3) is 0.533. The third-order valence-electron chi connectivity index (χ3n) is 3.50. The Balaban J connectivity index is 2.88. The highest BCUT2D eigenvalue weighted by Gasteiger charge is 2.18. The molecule has 0 saturated heterocycles. The Labute approximate surface area is 120 Å². The van der Waals surface area contributed by atoms with Gasteiger partial charge in [-0.05, 0) is 29.9 Å². The van der Waals surface area contributed by atoms with E-state index >= 15 is 0 Å². The molecule has 0 radical (unpaired) electrons. The predicted molar refractivity (Wildman–Crippen MR) is 83.9 cm³/mol. The second-order valence-corrected chi connectivity index (χ2v) is 6.00. The maximum absolute atomic E-state index is 13.7. The summed E-state index contributed by atoms with van der Waals surface area (Å²) in [5, 5.41) is 3.29. The van der Waals surface area contributed by atoms with Gasteiger partial charge in [0.1, 0.15) is 10.8 Å². The minimum absolute atomic E-state index is 0.0891. The average molecular weight is 282 g/mol. The van der Waals surface area contributed by atoms with Gasteiger partial charge in [-0.2, -0.15) is 0 Å². The summed E-state index contributed by atoms with van der Waals surface area (Å²) in [6.07, 6.45) is 0. The van der Waals surface area contributed by atoms with Crippen LogP contribution in [0.3, 0.4) is 0 Å². The van der Waals surface area contributed by atoms with E-state index in [0.717, 1.165) is 6.54 Å². The van der Waals surface area contributed by atoms with Gasteiger partial charge in [-0.1, -0.05) is 46.0 Å². The van der Waals surface area contributed by atoms with Gasteiger partial charge in [0, 0.05) is 12.2 Å². The summed E-state index contributed by atoms with van der Waals surface area (Å²) in [6.45, 7) is 9.59. The molecule has 0 bridgehead atoms. The predicted octanol–water partition coefficient (Wildman–Crippen LogP) is 3.80. The van der Waals surface area contributed by atoms with E-state index in [9.17, 15) is 4.39 Å². The van der Waals surface area contributed by atoms with E-state index in [1.807, 2.05) is 6.07 Å². The fourth-order valence-electron chi connectivity index (χ4n) is 2.39. The first kappa shape index (κ1) is 15.9. The molecule has 0 aliphatic carbocycles. The Kier molecular flexibility index (Phi) is 5.73. The molecule has 106 valence electrons. The van der Waals surface area contributed by atoms with E-state index in [-0.39, 0.29) is 10.8 Å². The van der Waals surface area contributed by atoms with Gasteiger partial charge in [0.15, 0.2) is 0 Å². The van der Waals surface area contributed by atoms with Crippen LogP contribution in [0.25, 0.3) is 0 Å². The van der Waals surface area contributed by atoms with Crippen LogP contribution in [0.4, 0.5) is 10.1 Å². The number of benzene rings is 1. The topological polar surface area (TPSA) is 38.0 Å². The Hall–Kier alpha value is -1.16. The number of nitrogens with two attached hydrogens (primary N) is 1. The molecule has 3 N–H and O–H groups in total. The van der Waals surface area contributed by atoms with Crippen LogP contribution in [0.15, 0.2) is 18.2 Å². The molecule has 19 heavy (non-hydrogen) atoms. The van der Waals surface area contributed by atoms with Crippen LogP contribution in [-0.2, 0) is 0 Å². The van der Waals surface area contributed by atoms with Gasteiger partial charge in [-0.25, -0.2) is 4.39 Å². The van der Waals surface area contributed by atoms with Crippen molar-refractivity contribution >= 4 is 22.9 Å². The quantitative estimate of drug-likeness (QED) is 0.779. The van der Waals surface area contributed by atoms with Crippen molar-refractivity contribution in [3.8, 4) is 0 Å². The molecule has 1 aromatic carbocycles. The summed E-state index contributed by atoms with van der Waals surface area (Å²) in [5.41, 5.74) is 6.58. The SMILES string of the molecule is CC(C)C(CNc1cccc(F)c1C(N)=S)C(C)C. The summed E-state index contributed by atoms with van der Waals surface area (Å²) in [7, 11) is 0. The van der Waals surface area contributed by atoms with Crippen molar-refractivity contribution in [2.75, 3.05) is 11.9 Å². The second-order valence-electron chi connectivity index (χ2n) is 5.56. The van der Waals surface area contributed by atoms with E-state index in [2.05, 4.69) is 33.0 Å². The zero-order chi connectivity index (χ0) is 14.6. The van der Waals surface area contributed by atoms with Crippen molar-refractivity contribution < 1.29 is 4.39 Å². The number of anilines is 1. The molecule has 0 amide bonds. The molecule has 0 atom stereocenters. The molecule has 0 spiro atoms. The van der Waals surface area contributed by atoms with Gasteiger partial charge >= 0.3 is 0 Å². The Bertz CT molecular complexity index is 436. The molecule has 0 aromatic heterocycles. The highest BCUT2D eigenvalue weighted by Crippen LogP contribution is 2.24. The number of nitrogens with one attached hydrogen (secondary N) is 1. The monoisotopic (exact) mass is 282 g/mol. The average Bonchev–Trinajstić information content (AvgIpc) is 2.27. The van der Waals surface area contributed by atoms with Crippen molar-refractivity contribution in [3.05, 3.63) is 29.6 Å². The van der Waals surface area contributed by atoms with Crippen molar-refractivity contribution in [3.63, 3.8) is 0 Å². The lowest BCUT2D eigenvalue weighted by Gasteiger charge is -2.26. The number of halogens is 1. The highest BCUT2D eigenvalue weighted by atomic mass is 32.1. The van der Waals surface area contributed by atoms with E-state index in [0.29, 0.717) is 29.0 Å². The number of thiocarbonyl (C=S) groups is 1. The minimum Gasteiger partial charge on any atom is -0.389 e. The molecule has 0 aliphatic rings. The zero-order valence-electron chi connectivity index (χ0n) is 12.0. The first-order chi connectivity index (χ1) is 8.84. The van der Waals surface area contributed by atoms with Gasteiger partial charge in [0.25, 0.3) is 0 Å². The molecule has 2 nitrogen and oxygen atoms in total. The molecule has 0 heterocycles. The van der Waals surface area contributed by atoms with Gasteiger partial charge in [0.05, 0.1) is 5.56 Å². The zero-order valence-corrected chi connectivity index (χ0v) is 12.9. The Morgan fingerprint density at radius 3 is 2.32 bits per heavy atom. The highest BCUT2D eigenvalue weighted by molar-refractivity contribution is 7.80. The standard InChI is InChI=1S/C15H23FN2S/c1-9(2)11(10(3)4)8-18-13-7-5-6-12(16)14(13)15(17)19/h5-7,9-11,18H,8H2,1-4H3,(H2,17,19). The smallest absolute Gasteiger partial charge is 0.135 e. The third kappa shape index (κ3) is 4.16. The normalized spacial score (nSPS) is 11.4. The lowest BCUT2D eigenvalue weighted by Crippen LogP contribution is -2.26. The maximum Gasteiger partial charge on any atom is 0.135 e. The van der Waals surface area contributed by atoms with E-state index in [1.54, 1.807) is 6.07 Å². The fourth-order valence-corrected chi connectivity index (χ4v) is 2.60. The number of hydrogen-bond acceptors (Lipinski definition) is 2. The molecule has 0 unspecified atom stereocenters. The van der Waals surface area contributed by atoms with Crippen molar-refractivity contribution in [2.24, 2.45) is 23.5 Å². The minimum atomic E-state index is -0.372. The maximum atomic E-state index is 13.7. The molecule has 4 heteroatoms. The summed E-state index contributed by atoms with van der Waals surface area (Å²) in [5.74, 6) is 1.27. The molecule has 0 fully saturated rings. The van der Waals surface area contributed by atoms with Crippen molar-refractivity contribution in [2.45, 2.75) is 27.7 Å². The number of rotatable bonds is 6. The van der Waals surface area contributed by atoms with Gasteiger partial charge in [-0.3, -0.25) is 0 Å². The van der Waals surface area contributed by atoms with Gasteiger partial charge in [-0.15, -0.1) is 0 Å². The Morgan fingerprint density at radius 1 is 1.26 bits per heavy atom. The van der Waals surface area contributed by atoms with Gasteiger partial charge < -0.3 is 11.1 Å². The van der Waals surface area contributed by atoms with Crippen LogP contribution in [0.5, 0.6) is 0 Å². The van der Waals surface area contributed by atoms with Crippen molar-refractivity contribution in [1.29, 1.82) is 0 Å². The summed E-state index contributed by atoms with van der Waals surface area (Å²) in [4.78, 5) is 0.0891. The van der Waals surface area contributed by atoms with Crippen LogP contribution in [0.1, 0.15) is 33.3 Å². The van der Waals surface area contributed by atoms with Crippen LogP contribution >= 0.6 is 12.2 Å². The Morgan fingerprint density at radius 2 is 1.84 bits per heavy atom. The molecular formula is C15H23FN2S. The third-order valence-corrected chi connectivity index (χ3v) is 3.70. The number of hydrogen-bond donors (Lipinski definition) is 2. The molecular weight excluding hydrogens is 259 g/mol. The second kappa shape index (κ2) is 6.85. The van der Waals surface area contributed by atoms with Crippen LogP contribution < -0.4 is 11.1 Å². The summed E-state index contributed by atoms with van der Waals surface area (Å²) >= 11 is 4.92. The van der Waals surface area contributed by atoms with Crippen LogP contribution in [-0.4, -0.2) is 11.5 Å². The van der Waals surface area contributed by atoms with E-state index in [1.165, 1.54) is 6.07 Å². The molecule has 1 rings (SSSR count). The summed E-state index contributed by atoms with van der Waals surface area (Å²) in [6, 6.07) is 4.86. The lowest BCUT2D eigenvalue weighted by atomic mass is 9.85. The van der Waals surface area contributed by atoms with E-state index < -0.39 is 0 Å².